The number of para-hydroxylation sites is 1. The zero-order valence-corrected chi connectivity index (χ0v) is 13.6. The smallest absolute Gasteiger partial charge is 0.322 e. The van der Waals surface area contributed by atoms with Crippen LogP contribution in [0.5, 0.6) is 5.75 Å². The van der Waals surface area contributed by atoms with Gasteiger partial charge < -0.3 is 4.65 Å². The van der Waals surface area contributed by atoms with E-state index in [9.17, 15) is 0 Å². The molecule has 0 N–H and O–H groups in total. The quantitative estimate of drug-likeness (QED) is 0.662. The van der Waals surface area contributed by atoms with Gasteiger partial charge in [-0.25, -0.2) is 4.98 Å². The average molecular weight is 289 g/mol. The lowest BCUT2D eigenvalue weighted by Gasteiger charge is -2.21. The molecule has 0 spiro atoms. The maximum Gasteiger partial charge on any atom is 0.322 e. The Kier molecular flexibility index (Phi) is 3.65. The molecule has 110 valence electrons. The molecule has 0 saturated heterocycles. The number of hydrogen-bond donors (Lipinski definition) is 0. The van der Waals surface area contributed by atoms with E-state index in [-0.39, 0.29) is 5.41 Å². The van der Waals surface area contributed by atoms with E-state index in [1.807, 2.05) is 24.3 Å². The molecule has 22 heavy (non-hydrogen) atoms. The standard InChI is InChI=1S/C19H20BNO/c1-19(2,3)14-9-11-18(22-20)15(12-14)17-10-8-13-6-4-5-7-16(13)21-17/h4-12H,20H2,1-3H3. The molecule has 2 aromatic carbocycles. The normalized spacial score (nSPS) is 11.6. The number of fused-ring (bicyclic) bond motifs is 1. The topological polar surface area (TPSA) is 22.1 Å². The number of rotatable bonds is 2. The fourth-order valence-corrected chi connectivity index (χ4v) is 2.59. The van der Waals surface area contributed by atoms with Gasteiger partial charge in [0.25, 0.3) is 0 Å². The van der Waals surface area contributed by atoms with Crippen molar-refractivity contribution >= 4 is 19.0 Å². The van der Waals surface area contributed by atoms with Crippen LogP contribution in [0.1, 0.15) is 26.3 Å². The van der Waals surface area contributed by atoms with Gasteiger partial charge >= 0.3 is 8.05 Å². The predicted molar refractivity (Wildman–Crippen MR) is 95.1 cm³/mol. The Balaban J connectivity index is 2.19. The van der Waals surface area contributed by atoms with E-state index in [2.05, 4.69) is 51.1 Å². The lowest BCUT2D eigenvalue weighted by Crippen LogP contribution is -2.11. The lowest BCUT2D eigenvalue weighted by atomic mass is 9.85. The van der Waals surface area contributed by atoms with Gasteiger partial charge in [0.1, 0.15) is 5.75 Å². The maximum absolute atomic E-state index is 5.54. The second-order valence-corrected chi connectivity index (χ2v) is 6.55. The molecule has 0 fully saturated rings. The van der Waals surface area contributed by atoms with Crippen LogP contribution in [0.2, 0.25) is 0 Å². The first-order chi connectivity index (χ1) is 10.5. The van der Waals surface area contributed by atoms with Crippen LogP contribution in [0.15, 0.2) is 54.6 Å². The SMILES string of the molecule is BOc1ccc(C(C)(C)C)cc1-c1ccc2ccccc2n1. The summed E-state index contributed by atoms with van der Waals surface area (Å²) in [6, 6.07) is 18.7. The molecule has 3 heteroatoms. The molecule has 0 unspecified atom stereocenters. The molecule has 0 aliphatic rings. The number of benzene rings is 2. The van der Waals surface area contributed by atoms with Gasteiger partial charge in [-0.05, 0) is 35.2 Å². The summed E-state index contributed by atoms with van der Waals surface area (Å²) in [4.78, 5) is 4.80. The van der Waals surface area contributed by atoms with Crippen molar-refractivity contribution in [3.63, 3.8) is 0 Å². The fourth-order valence-electron chi connectivity index (χ4n) is 2.59. The Morgan fingerprint density at radius 3 is 2.45 bits per heavy atom. The van der Waals surface area contributed by atoms with Crippen LogP contribution < -0.4 is 4.65 Å². The summed E-state index contributed by atoms with van der Waals surface area (Å²) in [5.41, 5.74) is 4.36. The van der Waals surface area contributed by atoms with Gasteiger partial charge in [0, 0.05) is 10.9 Å². The van der Waals surface area contributed by atoms with Gasteiger partial charge in [-0.3, -0.25) is 0 Å². The van der Waals surface area contributed by atoms with Crippen molar-refractivity contribution in [1.29, 1.82) is 0 Å². The van der Waals surface area contributed by atoms with Gasteiger partial charge in [-0.2, -0.15) is 0 Å². The molecule has 1 heterocycles. The van der Waals surface area contributed by atoms with E-state index in [1.165, 1.54) is 5.56 Å². The Bertz CT molecular complexity index is 821. The van der Waals surface area contributed by atoms with Crippen molar-refractivity contribution in [2.45, 2.75) is 26.2 Å². The zero-order chi connectivity index (χ0) is 15.7. The maximum atomic E-state index is 5.54. The number of aromatic nitrogens is 1. The highest BCUT2D eigenvalue weighted by Gasteiger charge is 2.17. The highest BCUT2D eigenvalue weighted by Crippen LogP contribution is 2.34. The molecule has 2 nitrogen and oxygen atoms in total. The van der Waals surface area contributed by atoms with Crippen LogP contribution in [0.3, 0.4) is 0 Å². The van der Waals surface area contributed by atoms with Gasteiger partial charge in [0.15, 0.2) is 0 Å². The fraction of sp³-hybridized carbons (Fsp3) is 0.211. The van der Waals surface area contributed by atoms with E-state index in [4.69, 9.17) is 9.64 Å². The zero-order valence-electron chi connectivity index (χ0n) is 13.6. The summed E-state index contributed by atoms with van der Waals surface area (Å²) < 4.78 is 5.54. The summed E-state index contributed by atoms with van der Waals surface area (Å²) in [5.74, 6) is 0.857. The van der Waals surface area contributed by atoms with Gasteiger partial charge in [0.05, 0.1) is 11.2 Å². The monoisotopic (exact) mass is 289 g/mol. The van der Waals surface area contributed by atoms with E-state index < -0.39 is 0 Å². The van der Waals surface area contributed by atoms with E-state index in [1.54, 1.807) is 8.05 Å². The Hall–Kier alpha value is -2.29. The highest BCUT2D eigenvalue weighted by molar-refractivity contribution is 6.00. The second kappa shape index (κ2) is 5.49. The first-order valence-corrected chi connectivity index (χ1v) is 7.54. The molecule has 0 saturated carbocycles. The molecule has 0 atom stereocenters. The van der Waals surface area contributed by atoms with Crippen LogP contribution >= 0.6 is 0 Å². The molecule has 3 rings (SSSR count). The van der Waals surface area contributed by atoms with Crippen LogP contribution in [0.4, 0.5) is 0 Å². The van der Waals surface area contributed by atoms with Crippen molar-refractivity contribution in [3.8, 4) is 17.0 Å². The van der Waals surface area contributed by atoms with E-state index in [0.717, 1.165) is 27.9 Å². The first-order valence-electron chi connectivity index (χ1n) is 7.54. The molecule has 3 aromatic rings. The van der Waals surface area contributed by atoms with E-state index >= 15 is 0 Å². The van der Waals surface area contributed by atoms with Gasteiger partial charge in [-0.15, -0.1) is 0 Å². The minimum atomic E-state index is 0.0951. The molecule has 0 radical (unpaired) electrons. The first kappa shape index (κ1) is 14.6. The predicted octanol–water partition coefficient (Wildman–Crippen LogP) is 4.13. The summed E-state index contributed by atoms with van der Waals surface area (Å²) in [6.07, 6.45) is 0. The van der Waals surface area contributed by atoms with Crippen LogP contribution in [-0.4, -0.2) is 13.0 Å². The van der Waals surface area contributed by atoms with Gasteiger partial charge in [-0.1, -0.05) is 51.1 Å². The molecule has 0 amide bonds. The summed E-state index contributed by atoms with van der Waals surface area (Å²) in [7, 11) is 1.71. The van der Waals surface area contributed by atoms with Gasteiger partial charge in [0.2, 0.25) is 0 Å². The minimum Gasteiger partial charge on any atom is -0.567 e. The van der Waals surface area contributed by atoms with E-state index in [0.29, 0.717) is 0 Å². The third-order valence-electron chi connectivity index (χ3n) is 3.94. The molecule has 0 aliphatic heterocycles. The van der Waals surface area contributed by atoms with Crippen LogP contribution in [-0.2, 0) is 5.41 Å². The number of nitrogens with zero attached hydrogens (tertiary/aromatic N) is 1. The highest BCUT2D eigenvalue weighted by atomic mass is 16.4. The molecular weight excluding hydrogens is 269 g/mol. The summed E-state index contributed by atoms with van der Waals surface area (Å²) >= 11 is 0. The average Bonchev–Trinajstić information content (AvgIpc) is 2.53. The largest absolute Gasteiger partial charge is 0.567 e. The molecule has 0 bridgehead atoms. The Morgan fingerprint density at radius 2 is 1.73 bits per heavy atom. The van der Waals surface area contributed by atoms with Crippen molar-refractivity contribution < 1.29 is 4.65 Å². The van der Waals surface area contributed by atoms with Crippen LogP contribution in [0, 0.1) is 0 Å². The Labute approximate surface area is 132 Å². The number of hydrogen-bond acceptors (Lipinski definition) is 2. The molecule has 1 aromatic heterocycles. The second-order valence-electron chi connectivity index (χ2n) is 6.55. The van der Waals surface area contributed by atoms with Crippen molar-refractivity contribution in [1.82, 2.24) is 4.98 Å². The van der Waals surface area contributed by atoms with Crippen molar-refractivity contribution in [2.24, 2.45) is 0 Å². The minimum absolute atomic E-state index is 0.0951. The third kappa shape index (κ3) is 2.71. The molecule has 0 aliphatic carbocycles. The van der Waals surface area contributed by atoms with Crippen molar-refractivity contribution in [3.05, 3.63) is 60.2 Å². The molecular formula is C19H20BNO. The third-order valence-corrected chi connectivity index (χ3v) is 3.94. The number of pyridine rings is 1. The summed E-state index contributed by atoms with van der Waals surface area (Å²) in [6.45, 7) is 6.64. The van der Waals surface area contributed by atoms with Crippen molar-refractivity contribution in [2.75, 3.05) is 0 Å². The Morgan fingerprint density at radius 1 is 0.955 bits per heavy atom. The van der Waals surface area contributed by atoms with Crippen LogP contribution in [0.25, 0.3) is 22.2 Å². The lowest BCUT2D eigenvalue weighted by molar-refractivity contribution is 0.584. The summed E-state index contributed by atoms with van der Waals surface area (Å²) in [5, 5.41) is 1.15.